The van der Waals surface area contributed by atoms with Gasteiger partial charge in [0, 0.05) is 18.0 Å². The van der Waals surface area contributed by atoms with Gasteiger partial charge in [-0.25, -0.2) is 0 Å². The molecule has 0 fully saturated rings. The quantitative estimate of drug-likeness (QED) is 0.674. The Labute approximate surface area is 111 Å². The lowest BCUT2D eigenvalue weighted by Crippen LogP contribution is -1.95. The summed E-state index contributed by atoms with van der Waals surface area (Å²) < 4.78 is 4.96. The summed E-state index contributed by atoms with van der Waals surface area (Å²) in [6, 6.07) is 8.14. The first-order valence-electron chi connectivity index (χ1n) is 5.70. The molecule has 0 bridgehead atoms. The van der Waals surface area contributed by atoms with Crippen molar-refractivity contribution >= 4 is 11.9 Å². The van der Waals surface area contributed by atoms with E-state index in [1.165, 1.54) is 25.3 Å². The normalized spacial score (nSPS) is 10.6. The van der Waals surface area contributed by atoms with Gasteiger partial charge in [0.15, 0.2) is 17.3 Å². The van der Waals surface area contributed by atoms with Crippen molar-refractivity contribution in [2.24, 2.45) is 0 Å². The summed E-state index contributed by atoms with van der Waals surface area (Å²) >= 11 is 0. The fourth-order valence-corrected chi connectivity index (χ4v) is 1.57. The van der Waals surface area contributed by atoms with Crippen molar-refractivity contribution in [1.82, 2.24) is 4.98 Å². The van der Waals surface area contributed by atoms with Crippen LogP contribution in [0, 0.1) is 0 Å². The van der Waals surface area contributed by atoms with Crippen LogP contribution in [0.3, 0.4) is 0 Å². The molecule has 1 N–H and O–H groups in total. The predicted octanol–water partition coefficient (Wildman–Crippen LogP) is 2.69. The Hall–Kier alpha value is -2.62. The first-order valence-corrected chi connectivity index (χ1v) is 5.70. The number of ketones is 1. The molecule has 0 unspecified atom stereocenters. The van der Waals surface area contributed by atoms with E-state index in [0.717, 1.165) is 5.56 Å². The second-order valence-corrected chi connectivity index (χ2v) is 3.87. The summed E-state index contributed by atoms with van der Waals surface area (Å²) in [4.78, 5) is 15.9. The van der Waals surface area contributed by atoms with Crippen LogP contribution >= 0.6 is 0 Å². The third kappa shape index (κ3) is 3.19. The number of pyridine rings is 1. The molecule has 0 aliphatic heterocycles. The number of hydrogen-bond acceptors (Lipinski definition) is 4. The van der Waals surface area contributed by atoms with E-state index < -0.39 is 0 Å². The number of carbonyl (C=O) groups is 1. The molecule has 4 heteroatoms. The number of phenols is 1. The number of aromatic hydroxyl groups is 1. The van der Waals surface area contributed by atoms with Gasteiger partial charge in [0.05, 0.1) is 7.11 Å². The Bertz CT molecular complexity index is 606. The van der Waals surface area contributed by atoms with Crippen LogP contribution < -0.4 is 4.74 Å². The maximum Gasteiger partial charge on any atom is 0.185 e. The fraction of sp³-hybridized carbons (Fsp3) is 0.0667. The fourth-order valence-electron chi connectivity index (χ4n) is 1.57. The Balaban J connectivity index is 2.18. The lowest BCUT2D eigenvalue weighted by atomic mass is 10.1. The maximum absolute atomic E-state index is 12.0. The molecule has 2 rings (SSSR count). The van der Waals surface area contributed by atoms with Gasteiger partial charge >= 0.3 is 0 Å². The summed E-state index contributed by atoms with van der Waals surface area (Å²) in [5.74, 6) is 0.123. The van der Waals surface area contributed by atoms with Crippen molar-refractivity contribution in [3.63, 3.8) is 0 Å². The highest BCUT2D eigenvalue weighted by atomic mass is 16.5. The number of methoxy groups -OCH3 is 1. The predicted molar refractivity (Wildman–Crippen MR) is 72.3 cm³/mol. The van der Waals surface area contributed by atoms with Crippen molar-refractivity contribution < 1.29 is 14.6 Å². The molecule has 1 aromatic heterocycles. The van der Waals surface area contributed by atoms with Crippen LogP contribution in [0.5, 0.6) is 11.5 Å². The number of ether oxygens (including phenoxy) is 1. The molecule has 0 radical (unpaired) electrons. The van der Waals surface area contributed by atoms with Crippen LogP contribution in [0.4, 0.5) is 0 Å². The van der Waals surface area contributed by atoms with E-state index in [4.69, 9.17) is 4.74 Å². The smallest absolute Gasteiger partial charge is 0.185 e. The molecule has 0 saturated carbocycles. The van der Waals surface area contributed by atoms with Gasteiger partial charge in [-0.05, 0) is 42.0 Å². The highest BCUT2D eigenvalue weighted by Crippen LogP contribution is 2.26. The van der Waals surface area contributed by atoms with Crippen LogP contribution in [0.1, 0.15) is 15.9 Å². The second kappa shape index (κ2) is 5.82. The number of benzene rings is 1. The Morgan fingerprint density at radius 3 is 2.89 bits per heavy atom. The van der Waals surface area contributed by atoms with Gasteiger partial charge in [-0.15, -0.1) is 0 Å². The third-order valence-corrected chi connectivity index (χ3v) is 2.58. The van der Waals surface area contributed by atoms with Gasteiger partial charge in [-0.2, -0.15) is 0 Å². The van der Waals surface area contributed by atoms with E-state index in [-0.39, 0.29) is 17.3 Å². The number of hydrogen-bond donors (Lipinski definition) is 1. The summed E-state index contributed by atoms with van der Waals surface area (Å²) in [6.45, 7) is 0. The molecule has 0 atom stereocenters. The Morgan fingerprint density at radius 1 is 1.37 bits per heavy atom. The summed E-state index contributed by atoms with van der Waals surface area (Å²) in [7, 11) is 1.44. The summed E-state index contributed by atoms with van der Waals surface area (Å²) in [5.41, 5.74) is 1.30. The highest BCUT2D eigenvalue weighted by Gasteiger charge is 2.07. The maximum atomic E-state index is 12.0. The van der Waals surface area contributed by atoms with Crippen molar-refractivity contribution in [3.05, 3.63) is 59.9 Å². The molecule has 2 aromatic rings. The second-order valence-electron chi connectivity index (χ2n) is 3.87. The Kier molecular flexibility index (Phi) is 3.93. The zero-order chi connectivity index (χ0) is 13.7. The molecule has 0 aliphatic rings. The lowest BCUT2D eigenvalue weighted by molar-refractivity contribution is 0.104. The van der Waals surface area contributed by atoms with Gasteiger partial charge in [0.2, 0.25) is 0 Å². The van der Waals surface area contributed by atoms with Crippen LogP contribution in [0.15, 0.2) is 48.8 Å². The van der Waals surface area contributed by atoms with Gasteiger partial charge in [-0.3, -0.25) is 9.78 Å². The standard InChI is InChI=1S/C15H13NO3/c1-19-15-9-12(5-7-14(15)18)13(17)6-4-11-3-2-8-16-10-11/h2-10,18H,1H3/b6-4+. The van der Waals surface area contributed by atoms with Gasteiger partial charge < -0.3 is 9.84 Å². The number of aromatic nitrogens is 1. The van der Waals surface area contributed by atoms with Crippen molar-refractivity contribution in [2.45, 2.75) is 0 Å². The molecule has 96 valence electrons. The van der Waals surface area contributed by atoms with E-state index in [1.54, 1.807) is 30.6 Å². The van der Waals surface area contributed by atoms with Crippen molar-refractivity contribution in [1.29, 1.82) is 0 Å². The van der Waals surface area contributed by atoms with Crippen LogP contribution in [0.25, 0.3) is 6.08 Å². The monoisotopic (exact) mass is 255 g/mol. The van der Waals surface area contributed by atoms with Crippen LogP contribution in [-0.2, 0) is 0 Å². The lowest BCUT2D eigenvalue weighted by Gasteiger charge is -2.04. The van der Waals surface area contributed by atoms with E-state index >= 15 is 0 Å². The number of phenolic OH excluding ortho intramolecular Hbond substituents is 1. The zero-order valence-corrected chi connectivity index (χ0v) is 10.4. The molecule has 1 heterocycles. The van der Waals surface area contributed by atoms with Crippen LogP contribution in [-0.4, -0.2) is 23.0 Å². The molecule has 19 heavy (non-hydrogen) atoms. The van der Waals surface area contributed by atoms with Gasteiger partial charge in [0.1, 0.15) is 0 Å². The number of allylic oxidation sites excluding steroid dienone is 1. The van der Waals surface area contributed by atoms with Gasteiger partial charge in [0.25, 0.3) is 0 Å². The average Bonchev–Trinajstić information content (AvgIpc) is 2.46. The molecule has 0 aliphatic carbocycles. The first-order chi connectivity index (χ1) is 9.20. The molecular weight excluding hydrogens is 242 g/mol. The SMILES string of the molecule is COc1cc(C(=O)/C=C/c2cccnc2)ccc1O. The third-order valence-electron chi connectivity index (χ3n) is 2.58. The molecule has 0 amide bonds. The van der Waals surface area contributed by atoms with E-state index in [0.29, 0.717) is 5.56 Å². The van der Waals surface area contributed by atoms with Crippen molar-refractivity contribution in [3.8, 4) is 11.5 Å². The summed E-state index contributed by atoms with van der Waals surface area (Å²) in [5, 5.41) is 9.46. The first kappa shape index (κ1) is 12.8. The molecular formula is C15H13NO3. The van der Waals surface area contributed by atoms with Crippen molar-refractivity contribution in [2.75, 3.05) is 7.11 Å². The van der Waals surface area contributed by atoms with Crippen LogP contribution in [0.2, 0.25) is 0 Å². The molecule has 1 aromatic carbocycles. The zero-order valence-electron chi connectivity index (χ0n) is 10.4. The minimum atomic E-state index is -0.165. The molecule has 4 nitrogen and oxygen atoms in total. The number of nitrogens with zero attached hydrogens (tertiary/aromatic N) is 1. The molecule has 0 saturated heterocycles. The molecule has 0 spiro atoms. The number of rotatable bonds is 4. The topological polar surface area (TPSA) is 59.4 Å². The van der Waals surface area contributed by atoms with Gasteiger partial charge in [-0.1, -0.05) is 6.07 Å². The minimum absolute atomic E-state index is 0.00953. The Morgan fingerprint density at radius 2 is 2.21 bits per heavy atom. The van der Waals surface area contributed by atoms with E-state index in [2.05, 4.69) is 4.98 Å². The minimum Gasteiger partial charge on any atom is -0.504 e. The highest BCUT2D eigenvalue weighted by molar-refractivity contribution is 6.07. The summed E-state index contributed by atoms with van der Waals surface area (Å²) in [6.07, 6.45) is 6.49. The van der Waals surface area contributed by atoms with E-state index in [1.807, 2.05) is 6.07 Å². The number of carbonyl (C=O) groups excluding carboxylic acids is 1. The van der Waals surface area contributed by atoms with E-state index in [9.17, 15) is 9.90 Å². The largest absolute Gasteiger partial charge is 0.504 e. The average molecular weight is 255 g/mol.